The van der Waals surface area contributed by atoms with Crippen LogP contribution in [0.25, 0.3) is 22.3 Å². The third-order valence-corrected chi connectivity index (χ3v) is 3.41. The third-order valence-electron chi connectivity index (χ3n) is 3.41. The van der Waals surface area contributed by atoms with Crippen molar-refractivity contribution in [2.75, 3.05) is 0 Å². The van der Waals surface area contributed by atoms with Gasteiger partial charge in [0.1, 0.15) is 22.8 Å². The van der Waals surface area contributed by atoms with E-state index in [0.29, 0.717) is 5.58 Å². The molecule has 0 saturated heterocycles. The maximum absolute atomic E-state index is 9.57. The van der Waals surface area contributed by atoms with E-state index in [1.165, 1.54) is 0 Å². The van der Waals surface area contributed by atoms with Gasteiger partial charge in [-0.25, -0.2) is 0 Å². The van der Waals surface area contributed by atoms with Crippen LogP contribution in [-0.2, 0) is 6.42 Å². The molecule has 0 saturated carbocycles. The Morgan fingerprint density at radius 3 is 2.35 bits per heavy atom. The van der Waals surface area contributed by atoms with Crippen LogP contribution in [0, 0.1) is 0 Å². The first-order valence-corrected chi connectivity index (χ1v) is 6.73. The minimum Gasteiger partial charge on any atom is -0.508 e. The molecule has 1 heterocycles. The Hall–Kier alpha value is -2.42. The zero-order valence-electron chi connectivity index (χ0n) is 11.3. The number of phenols is 2. The molecule has 0 radical (unpaired) electrons. The monoisotopic (exact) mass is 268 g/mol. The highest BCUT2D eigenvalue weighted by Crippen LogP contribution is 2.36. The molecule has 102 valence electrons. The Kier molecular flexibility index (Phi) is 3.11. The molecular formula is C17H16O3. The van der Waals surface area contributed by atoms with Gasteiger partial charge in [0.25, 0.3) is 0 Å². The summed E-state index contributed by atoms with van der Waals surface area (Å²) in [6.07, 6.45) is 1.93. The zero-order chi connectivity index (χ0) is 14.1. The van der Waals surface area contributed by atoms with Gasteiger partial charge in [-0.1, -0.05) is 13.3 Å². The van der Waals surface area contributed by atoms with Crippen molar-refractivity contribution in [2.24, 2.45) is 0 Å². The molecule has 2 aromatic carbocycles. The van der Waals surface area contributed by atoms with Crippen LogP contribution in [-0.4, -0.2) is 10.2 Å². The molecule has 1 aromatic heterocycles. The summed E-state index contributed by atoms with van der Waals surface area (Å²) in [6, 6.07) is 12.2. The summed E-state index contributed by atoms with van der Waals surface area (Å²) in [7, 11) is 0. The number of hydrogen-bond donors (Lipinski definition) is 2. The highest BCUT2D eigenvalue weighted by Gasteiger charge is 2.15. The van der Waals surface area contributed by atoms with E-state index in [4.69, 9.17) is 4.42 Å². The van der Waals surface area contributed by atoms with Gasteiger partial charge in [-0.2, -0.15) is 0 Å². The number of fused-ring (bicyclic) bond motifs is 1. The smallest absolute Gasteiger partial charge is 0.138 e. The normalized spacial score (nSPS) is 11.1. The van der Waals surface area contributed by atoms with E-state index in [1.807, 2.05) is 18.2 Å². The summed E-state index contributed by atoms with van der Waals surface area (Å²) in [4.78, 5) is 0. The standard InChI is InChI=1S/C17H16O3/c1-2-3-15-14-9-8-13(19)10-16(14)20-17(15)11-4-6-12(18)7-5-11/h4-10,18-19H,2-3H2,1H3. The summed E-state index contributed by atoms with van der Waals surface area (Å²) >= 11 is 0. The van der Waals surface area contributed by atoms with Crippen LogP contribution in [0.4, 0.5) is 0 Å². The summed E-state index contributed by atoms with van der Waals surface area (Å²) in [5.74, 6) is 1.25. The Labute approximate surface area is 117 Å². The van der Waals surface area contributed by atoms with Crippen LogP contribution in [0.5, 0.6) is 11.5 Å². The minimum absolute atomic E-state index is 0.201. The molecule has 0 amide bonds. The lowest BCUT2D eigenvalue weighted by molar-refractivity contribution is 0.474. The van der Waals surface area contributed by atoms with Gasteiger partial charge in [-0.3, -0.25) is 0 Å². The van der Waals surface area contributed by atoms with Crippen molar-refractivity contribution in [1.29, 1.82) is 0 Å². The SMILES string of the molecule is CCCc1c(-c2ccc(O)cc2)oc2cc(O)ccc12. The second-order valence-electron chi connectivity index (χ2n) is 4.89. The van der Waals surface area contributed by atoms with Crippen molar-refractivity contribution >= 4 is 11.0 Å². The maximum Gasteiger partial charge on any atom is 0.138 e. The quantitative estimate of drug-likeness (QED) is 0.737. The third kappa shape index (κ3) is 2.11. The fraction of sp³-hybridized carbons (Fsp3) is 0.176. The van der Waals surface area contributed by atoms with E-state index in [1.54, 1.807) is 24.3 Å². The molecule has 3 heteroatoms. The molecule has 0 aliphatic carbocycles. The first-order chi connectivity index (χ1) is 9.69. The first kappa shape index (κ1) is 12.6. The zero-order valence-corrected chi connectivity index (χ0v) is 11.3. The van der Waals surface area contributed by atoms with E-state index in [0.717, 1.165) is 35.1 Å². The summed E-state index contributed by atoms with van der Waals surface area (Å²) in [5, 5.41) is 20.0. The maximum atomic E-state index is 9.57. The Bertz CT molecular complexity index is 739. The van der Waals surface area contributed by atoms with Gasteiger partial charge in [0.15, 0.2) is 0 Å². The van der Waals surface area contributed by atoms with Gasteiger partial charge in [0.2, 0.25) is 0 Å². The molecule has 3 aromatic rings. The summed E-state index contributed by atoms with van der Waals surface area (Å²) in [6.45, 7) is 2.12. The van der Waals surface area contributed by atoms with Crippen LogP contribution in [0.2, 0.25) is 0 Å². The topological polar surface area (TPSA) is 53.6 Å². The number of aryl methyl sites for hydroxylation is 1. The predicted octanol–water partition coefficient (Wildman–Crippen LogP) is 4.46. The van der Waals surface area contributed by atoms with Crippen molar-refractivity contribution in [3.8, 4) is 22.8 Å². The molecule has 0 fully saturated rings. The molecule has 3 rings (SSSR count). The molecule has 0 unspecified atom stereocenters. The van der Waals surface area contributed by atoms with Crippen LogP contribution in [0.3, 0.4) is 0 Å². The lowest BCUT2D eigenvalue weighted by Crippen LogP contribution is -1.85. The minimum atomic E-state index is 0.201. The van der Waals surface area contributed by atoms with Crippen LogP contribution < -0.4 is 0 Å². The molecule has 2 N–H and O–H groups in total. The van der Waals surface area contributed by atoms with E-state index >= 15 is 0 Å². The second-order valence-corrected chi connectivity index (χ2v) is 4.89. The summed E-state index contributed by atoms with van der Waals surface area (Å²) < 4.78 is 5.92. The van der Waals surface area contributed by atoms with E-state index in [9.17, 15) is 10.2 Å². The van der Waals surface area contributed by atoms with Gasteiger partial charge < -0.3 is 14.6 Å². The fourth-order valence-corrected chi connectivity index (χ4v) is 2.48. The average molecular weight is 268 g/mol. The fourth-order valence-electron chi connectivity index (χ4n) is 2.48. The average Bonchev–Trinajstić information content (AvgIpc) is 2.78. The van der Waals surface area contributed by atoms with Crippen molar-refractivity contribution in [1.82, 2.24) is 0 Å². The van der Waals surface area contributed by atoms with Gasteiger partial charge in [-0.05, 0) is 42.8 Å². The molecule has 0 bridgehead atoms. The van der Waals surface area contributed by atoms with Crippen molar-refractivity contribution in [2.45, 2.75) is 19.8 Å². The second kappa shape index (κ2) is 4.93. The molecule has 3 nitrogen and oxygen atoms in total. The number of aromatic hydroxyl groups is 2. The van der Waals surface area contributed by atoms with E-state index in [2.05, 4.69) is 6.92 Å². The number of hydrogen-bond acceptors (Lipinski definition) is 3. The largest absolute Gasteiger partial charge is 0.508 e. The Morgan fingerprint density at radius 1 is 0.950 bits per heavy atom. The molecule has 0 atom stereocenters. The van der Waals surface area contributed by atoms with Gasteiger partial charge in [-0.15, -0.1) is 0 Å². The highest BCUT2D eigenvalue weighted by atomic mass is 16.3. The number of furan rings is 1. The number of rotatable bonds is 3. The van der Waals surface area contributed by atoms with Crippen molar-refractivity contribution < 1.29 is 14.6 Å². The van der Waals surface area contributed by atoms with Crippen molar-refractivity contribution in [3.05, 3.63) is 48.0 Å². The molecule has 0 aliphatic heterocycles. The molecule has 20 heavy (non-hydrogen) atoms. The van der Waals surface area contributed by atoms with Gasteiger partial charge >= 0.3 is 0 Å². The van der Waals surface area contributed by atoms with Crippen LogP contribution in [0.1, 0.15) is 18.9 Å². The molecule has 0 aliphatic rings. The lowest BCUT2D eigenvalue weighted by atomic mass is 10.0. The van der Waals surface area contributed by atoms with Crippen LogP contribution >= 0.6 is 0 Å². The predicted molar refractivity (Wildman–Crippen MR) is 79.0 cm³/mol. The molecular weight excluding hydrogens is 252 g/mol. The molecule has 0 spiro atoms. The number of benzene rings is 2. The van der Waals surface area contributed by atoms with Crippen LogP contribution in [0.15, 0.2) is 46.9 Å². The lowest BCUT2D eigenvalue weighted by Gasteiger charge is -2.02. The Balaban J connectivity index is 2.22. The van der Waals surface area contributed by atoms with Gasteiger partial charge in [0.05, 0.1) is 0 Å². The van der Waals surface area contributed by atoms with Crippen molar-refractivity contribution in [3.63, 3.8) is 0 Å². The van der Waals surface area contributed by atoms with E-state index in [-0.39, 0.29) is 11.5 Å². The highest BCUT2D eigenvalue weighted by molar-refractivity contribution is 5.88. The van der Waals surface area contributed by atoms with Gasteiger partial charge in [0, 0.05) is 22.6 Å². The Morgan fingerprint density at radius 2 is 1.65 bits per heavy atom. The first-order valence-electron chi connectivity index (χ1n) is 6.73. The van der Waals surface area contributed by atoms with E-state index < -0.39 is 0 Å². The number of phenolic OH excluding ortho intramolecular Hbond substituents is 2. The summed E-state index contributed by atoms with van der Waals surface area (Å²) in [5.41, 5.74) is 2.77.